The quantitative estimate of drug-likeness (QED) is 0.157. The molecule has 17 heteroatoms. The normalized spacial score (nSPS) is 19.5. The third-order valence-electron chi connectivity index (χ3n) is 9.26. The highest BCUT2D eigenvalue weighted by Gasteiger charge is 2.50. The Labute approximate surface area is 315 Å². The SMILES string of the molecule is CC(C)(C)OC(=O)NCC1=C2CN(S(=O)(=O)c3ccccc3[N+](=O)[O-])CC2=C2CN(S(=O)(=O)c3ccc(Br)cc3)C(COC(=O)c3ccccc3)C2C1. The lowest BCUT2D eigenvalue weighted by Gasteiger charge is -2.30. The Kier molecular flexibility index (Phi) is 10.7. The molecule has 0 spiro atoms. The minimum absolute atomic E-state index is 0.0105. The molecule has 3 aliphatic rings. The van der Waals surface area contributed by atoms with Gasteiger partial charge in [0.2, 0.25) is 10.0 Å². The van der Waals surface area contributed by atoms with Gasteiger partial charge in [-0.1, -0.05) is 46.3 Å². The predicted molar refractivity (Wildman–Crippen MR) is 197 cm³/mol. The number of amides is 1. The molecular weight excluding hydrogens is 792 g/mol. The van der Waals surface area contributed by atoms with E-state index in [-0.39, 0.29) is 49.7 Å². The van der Waals surface area contributed by atoms with Crippen LogP contribution in [0.5, 0.6) is 0 Å². The number of carbonyl (C=O) groups excluding carboxylic acids is 2. The summed E-state index contributed by atoms with van der Waals surface area (Å²) in [5.74, 6) is -1.22. The number of ether oxygens (including phenoxy) is 2. The minimum Gasteiger partial charge on any atom is -0.460 e. The van der Waals surface area contributed by atoms with Crippen LogP contribution in [0.2, 0.25) is 0 Å². The van der Waals surface area contributed by atoms with Gasteiger partial charge in [-0.15, -0.1) is 0 Å². The molecule has 3 aromatic carbocycles. The van der Waals surface area contributed by atoms with Crippen molar-refractivity contribution in [2.45, 2.75) is 48.6 Å². The number of nitro benzene ring substituents is 1. The summed E-state index contributed by atoms with van der Waals surface area (Å²) in [5.41, 5.74) is 1.31. The summed E-state index contributed by atoms with van der Waals surface area (Å²) >= 11 is 3.34. The maximum Gasteiger partial charge on any atom is 0.407 e. The third kappa shape index (κ3) is 7.94. The number of nitrogens with one attached hydrogen (secondary N) is 1. The average Bonchev–Trinajstić information content (AvgIpc) is 3.73. The van der Waals surface area contributed by atoms with Gasteiger partial charge in [0, 0.05) is 42.6 Å². The van der Waals surface area contributed by atoms with Gasteiger partial charge in [0.1, 0.15) is 12.2 Å². The van der Waals surface area contributed by atoms with E-state index in [0.29, 0.717) is 26.8 Å². The van der Waals surface area contributed by atoms with Crippen LogP contribution in [0, 0.1) is 16.0 Å². The van der Waals surface area contributed by atoms with E-state index in [9.17, 15) is 36.5 Å². The molecule has 2 aliphatic heterocycles. The summed E-state index contributed by atoms with van der Waals surface area (Å²) < 4.78 is 71.1. The van der Waals surface area contributed by atoms with Crippen molar-refractivity contribution in [2.24, 2.45) is 5.92 Å². The van der Waals surface area contributed by atoms with E-state index >= 15 is 0 Å². The Morgan fingerprint density at radius 2 is 1.55 bits per heavy atom. The van der Waals surface area contributed by atoms with Gasteiger partial charge in [0.15, 0.2) is 4.90 Å². The number of sulfonamides is 2. The van der Waals surface area contributed by atoms with Gasteiger partial charge in [-0.05, 0) is 91.9 Å². The number of halogens is 1. The van der Waals surface area contributed by atoms with Crippen molar-refractivity contribution >= 4 is 53.7 Å². The number of benzene rings is 3. The second kappa shape index (κ2) is 14.8. The summed E-state index contributed by atoms with van der Waals surface area (Å²) in [5, 5.41) is 14.6. The highest BCUT2D eigenvalue weighted by atomic mass is 79.9. The number of rotatable bonds is 10. The molecule has 6 rings (SSSR count). The molecular formula is C36H37BrN4O10S2. The fourth-order valence-corrected chi connectivity index (χ4v) is 10.3. The topological polar surface area (TPSA) is 183 Å². The summed E-state index contributed by atoms with van der Waals surface area (Å²) in [6, 6.07) is 18.6. The smallest absolute Gasteiger partial charge is 0.407 e. The lowest BCUT2D eigenvalue weighted by molar-refractivity contribution is -0.387. The summed E-state index contributed by atoms with van der Waals surface area (Å²) in [7, 11) is -8.62. The molecule has 0 saturated carbocycles. The lowest BCUT2D eigenvalue weighted by Crippen LogP contribution is -2.42. The van der Waals surface area contributed by atoms with Crippen LogP contribution in [-0.2, 0) is 29.5 Å². The molecule has 2 atom stereocenters. The van der Waals surface area contributed by atoms with E-state index in [4.69, 9.17) is 9.47 Å². The zero-order chi connectivity index (χ0) is 38.3. The predicted octanol–water partition coefficient (Wildman–Crippen LogP) is 5.43. The Bertz CT molecular complexity index is 2240. The van der Waals surface area contributed by atoms with Crippen LogP contribution < -0.4 is 5.32 Å². The maximum atomic E-state index is 14.3. The molecule has 0 bridgehead atoms. The first kappa shape index (κ1) is 38.3. The molecule has 53 heavy (non-hydrogen) atoms. The van der Waals surface area contributed by atoms with E-state index in [1.54, 1.807) is 63.2 Å². The highest BCUT2D eigenvalue weighted by molar-refractivity contribution is 9.10. The van der Waals surface area contributed by atoms with Crippen molar-refractivity contribution in [1.82, 2.24) is 13.9 Å². The Morgan fingerprint density at radius 1 is 0.906 bits per heavy atom. The van der Waals surface area contributed by atoms with Crippen LogP contribution in [0.25, 0.3) is 0 Å². The van der Waals surface area contributed by atoms with Crippen molar-refractivity contribution in [3.8, 4) is 0 Å². The molecule has 1 aliphatic carbocycles. The zero-order valence-electron chi connectivity index (χ0n) is 29.0. The van der Waals surface area contributed by atoms with Crippen LogP contribution >= 0.6 is 15.9 Å². The summed E-state index contributed by atoms with van der Waals surface area (Å²) in [6.07, 6.45) is -0.507. The fourth-order valence-electron chi connectivity index (χ4n) is 6.85. The molecule has 2 saturated heterocycles. The first-order valence-electron chi connectivity index (χ1n) is 16.6. The van der Waals surface area contributed by atoms with E-state index in [1.807, 2.05) is 0 Å². The number of alkyl carbamates (subject to hydrolysis) is 1. The monoisotopic (exact) mass is 828 g/mol. The molecule has 2 unspecified atom stereocenters. The van der Waals surface area contributed by atoms with Crippen LogP contribution in [-0.4, -0.2) is 86.9 Å². The van der Waals surface area contributed by atoms with Gasteiger partial charge in [0.05, 0.1) is 21.4 Å². The van der Waals surface area contributed by atoms with Crippen LogP contribution in [0.4, 0.5) is 10.5 Å². The highest BCUT2D eigenvalue weighted by Crippen LogP contribution is 2.48. The summed E-state index contributed by atoms with van der Waals surface area (Å²) in [6.45, 7) is 4.29. The van der Waals surface area contributed by atoms with Crippen molar-refractivity contribution in [3.05, 3.63) is 121 Å². The molecule has 1 amide bonds. The molecule has 2 heterocycles. The Morgan fingerprint density at radius 3 is 2.21 bits per heavy atom. The van der Waals surface area contributed by atoms with Crippen molar-refractivity contribution < 1.29 is 40.8 Å². The second-order valence-electron chi connectivity index (χ2n) is 13.8. The first-order valence-corrected chi connectivity index (χ1v) is 20.3. The molecule has 280 valence electrons. The van der Waals surface area contributed by atoms with Crippen molar-refractivity contribution in [3.63, 3.8) is 0 Å². The van der Waals surface area contributed by atoms with E-state index < -0.39 is 65.2 Å². The summed E-state index contributed by atoms with van der Waals surface area (Å²) in [4.78, 5) is 36.5. The molecule has 14 nitrogen and oxygen atoms in total. The largest absolute Gasteiger partial charge is 0.460 e. The Balaban J connectivity index is 1.42. The number of nitro groups is 1. The molecule has 0 radical (unpaired) electrons. The first-order chi connectivity index (χ1) is 25.0. The zero-order valence-corrected chi connectivity index (χ0v) is 32.2. The molecule has 0 aromatic heterocycles. The number of fused-ring (bicyclic) bond motifs is 2. The number of hydrogen-bond donors (Lipinski definition) is 1. The van der Waals surface area contributed by atoms with Crippen molar-refractivity contribution in [2.75, 3.05) is 32.8 Å². The van der Waals surface area contributed by atoms with Gasteiger partial charge >= 0.3 is 12.1 Å². The average molecular weight is 830 g/mol. The van der Waals surface area contributed by atoms with Crippen LogP contribution in [0.3, 0.4) is 0 Å². The van der Waals surface area contributed by atoms with Gasteiger partial charge in [0.25, 0.3) is 15.7 Å². The van der Waals surface area contributed by atoms with Gasteiger partial charge in [-0.2, -0.15) is 8.61 Å². The standard InChI is InChI=1S/C36H37BrN4O10S2/c1-36(2,3)51-35(43)38-18-24-17-27-30(29-20-39(19-28(24)29)53(48,49)33-12-8-7-11-31(33)41(44)45)21-40(52(46,47)26-15-13-25(37)14-16-26)32(27)22-50-34(42)23-9-5-4-6-10-23/h4-16,27,32H,17-22H2,1-3H3,(H,38,43). The van der Waals surface area contributed by atoms with E-state index in [1.165, 1.54) is 34.6 Å². The third-order valence-corrected chi connectivity index (χ3v) is 13.5. The maximum absolute atomic E-state index is 14.3. The van der Waals surface area contributed by atoms with Gasteiger partial charge < -0.3 is 14.8 Å². The van der Waals surface area contributed by atoms with Gasteiger partial charge in [-0.3, -0.25) is 10.1 Å². The van der Waals surface area contributed by atoms with Crippen LogP contribution in [0.15, 0.2) is 115 Å². The number of esters is 1. The lowest BCUT2D eigenvalue weighted by atomic mass is 9.78. The number of para-hydroxylation sites is 1. The number of nitrogens with zero attached hydrogens (tertiary/aromatic N) is 3. The molecule has 2 fully saturated rings. The number of carbonyl (C=O) groups is 2. The van der Waals surface area contributed by atoms with Gasteiger partial charge in [-0.25, -0.2) is 26.4 Å². The molecule has 1 N–H and O–H groups in total. The van der Waals surface area contributed by atoms with E-state index in [0.717, 1.165) is 10.4 Å². The van der Waals surface area contributed by atoms with Crippen LogP contribution in [0.1, 0.15) is 37.6 Å². The Hall–Kier alpha value is -4.42. The number of hydrogen-bond acceptors (Lipinski definition) is 10. The minimum atomic E-state index is -4.43. The van der Waals surface area contributed by atoms with Crippen molar-refractivity contribution in [1.29, 1.82) is 0 Å². The van der Waals surface area contributed by atoms with E-state index in [2.05, 4.69) is 21.2 Å². The fraction of sp³-hybridized carbons (Fsp3) is 0.333. The second-order valence-corrected chi connectivity index (χ2v) is 18.5. The molecule has 3 aromatic rings.